The van der Waals surface area contributed by atoms with Gasteiger partial charge in [0.05, 0.1) is 0 Å². The van der Waals surface area contributed by atoms with E-state index in [9.17, 15) is 0 Å². The zero-order valence-corrected chi connectivity index (χ0v) is 11.5. The van der Waals surface area contributed by atoms with Crippen LogP contribution in [0.2, 0.25) is 0 Å². The quantitative estimate of drug-likeness (QED) is 0.824. The lowest BCUT2D eigenvalue weighted by atomic mass is 10.2. The van der Waals surface area contributed by atoms with Gasteiger partial charge in [-0.25, -0.2) is 0 Å². The number of aryl methyl sites for hydroxylation is 1. The number of pyridine rings is 1. The Balaban J connectivity index is 1.85. The lowest BCUT2D eigenvalue weighted by Crippen LogP contribution is -2.25. The van der Waals surface area contributed by atoms with Gasteiger partial charge in [0.2, 0.25) is 5.89 Å². The number of aromatic nitrogens is 3. The highest BCUT2D eigenvalue weighted by atomic mass is 16.5. The van der Waals surface area contributed by atoms with E-state index >= 15 is 0 Å². The molecule has 0 bridgehead atoms. The highest BCUT2D eigenvalue weighted by Crippen LogP contribution is 2.07. The van der Waals surface area contributed by atoms with Crippen LogP contribution in [0.25, 0.3) is 0 Å². The number of nitrogens with one attached hydrogen (secondary N) is 1. The van der Waals surface area contributed by atoms with Crippen LogP contribution in [0.4, 0.5) is 0 Å². The Morgan fingerprint density at radius 2 is 2.11 bits per heavy atom. The van der Waals surface area contributed by atoms with Gasteiger partial charge in [-0.3, -0.25) is 4.98 Å². The molecule has 1 atom stereocenters. The van der Waals surface area contributed by atoms with E-state index < -0.39 is 0 Å². The van der Waals surface area contributed by atoms with E-state index in [0.29, 0.717) is 18.4 Å². The molecule has 1 N–H and O–H groups in total. The van der Waals surface area contributed by atoms with E-state index in [4.69, 9.17) is 4.52 Å². The third-order valence-corrected chi connectivity index (χ3v) is 2.97. The summed E-state index contributed by atoms with van der Waals surface area (Å²) in [6, 6.07) is 4.40. The van der Waals surface area contributed by atoms with Gasteiger partial charge in [-0.15, -0.1) is 0 Å². The van der Waals surface area contributed by atoms with Crippen LogP contribution in [0.1, 0.15) is 37.5 Å². The highest BCUT2D eigenvalue weighted by molar-refractivity contribution is 5.14. The molecule has 2 rings (SSSR count). The second-order valence-electron chi connectivity index (χ2n) is 4.63. The largest absolute Gasteiger partial charge is 0.339 e. The molecule has 0 aromatic carbocycles. The first-order valence-corrected chi connectivity index (χ1v) is 6.71. The van der Waals surface area contributed by atoms with Crippen molar-refractivity contribution in [2.45, 2.75) is 39.2 Å². The van der Waals surface area contributed by atoms with Crippen molar-refractivity contribution in [3.8, 4) is 0 Å². The van der Waals surface area contributed by atoms with Crippen LogP contribution in [0, 0.1) is 0 Å². The van der Waals surface area contributed by atoms with Crippen molar-refractivity contribution in [3.05, 3.63) is 41.8 Å². The lowest BCUT2D eigenvalue weighted by Gasteiger charge is -2.09. The van der Waals surface area contributed by atoms with Gasteiger partial charge in [-0.2, -0.15) is 4.98 Å². The van der Waals surface area contributed by atoms with Crippen molar-refractivity contribution < 1.29 is 4.52 Å². The van der Waals surface area contributed by atoms with Gasteiger partial charge in [-0.05, 0) is 37.6 Å². The molecule has 0 radical (unpaired) electrons. The summed E-state index contributed by atoms with van der Waals surface area (Å²) in [5, 5.41) is 7.37. The fourth-order valence-electron chi connectivity index (χ4n) is 1.94. The molecular formula is C14H20N4O. The van der Waals surface area contributed by atoms with Gasteiger partial charge >= 0.3 is 0 Å². The molecule has 0 aliphatic rings. The molecule has 0 aliphatic heterocycles. The van der Waals surface area contributed by atoms with E-state index in [-0.39, 0.29) is 0 Å². The van der Waals surface area contributed by atoms with Crippen molar-refractivity contribution in [2.75, 3.05) is 6.54 Å². The smallest absolute Gasteiger partial charge is 0.226 e. The minimum absolute atomic E-state index is 0.473. The van der Waals surface area contributed by atoms with Gasteiger partial charge < -0.3 is 9.84 Å². The number of rotatable bonds is 7. The Morgan fingerprint density at radius 3 is 2.84 bits per heavy atom. The van der Waals surface area contributed by atoms with E-state index in [2.05, 4.69) is 34.3 Å². The fourth-order valence-corrected chi connectivity index (χ4v) is 1.94. The average Bonchev–Trinajstić information content (AvgIpc) is 2.86. The molecular weight excluding hydrogens is 240 g/mol. The molecule has 0 aliphatic carbocycles. The third kappa shape index (κ3) is 4.44. The molecule has 0 fully saturated rings. The van der Waals surface area contributed by atoms with Crippen molar-refractivity contribution >= 4 is 0 Å². The molecule has 19 heavy (non-hydrogen) atoms. The highest BCUT2D eigenvalue weighted by Gasteiger charge is 2.08. The second-order valence-corrected chi connectivity index (χ2v) is 4.63. The van der Waals surface area contributed by atoms with Gasteiger partial charge in [-0.1, -0.05) is 12.1 Å². The van der Waals surface area contributed by atoms with Crippen LogP contribution in [0.3, 0.4) is 0 Å². The Morgan fingerprint density at radius 1 is 1.32 bits per heavy atom. The van der Waals surface area contributed by atoms with Crippen LogP contribution in [-0.2, 0) is 12.8 Å². The van der Waals surface area contributed by atoms with Crippen molar-refractivity contribution in [1.82, 2.24) is 20.4 Å². The van der Waals surface area contributed by atoms with Crippen molar-refractivity contribution in [2.24, 2.45) is 0 Å². The molecule has 2 heterocycles. The summed E-state index contributed by atoms with van der Waals surface area (Å²) < 4.78 is 5.26. The molecule has 2 aromatic heterocycles. The maximum atomic E-state index is 5.26. The Kier molecular flexibility index (Phi) is 5.03. The molecule has 5 nitrogen and oxygen atoms in total. The molecule has 5 heteroatoms. The summed E-state index contributed by atoms with van der Waals surface area (Å²) in [7, 11) is 0. The third-order valence-electron chi connectivity index (χ3n) is 2.97. The van der Waals surface area contributed by atoms with E-state index in [0.717, 1.165) is 30.8 Å². The maximum Gasteiger partial charge on any atom is 0.226 e. The van der Waals surface area contributed by atoms with Crippen molar-refractivity contribution in [1.29, 1.82) is 0 Å². The van der Waals surface area contributed by atoms with E-state index in [1.807, 2.05) is 12.1 Å². The SMILES string of the molecule is CCNC(C)CCc1nc(Cc2ccncc2)no1. The zero-order valence-electron chi connectivity index (χ0n) is 11.5. The predicted octanol–water partition coefficient (Wildman–Crippen LogP) is 1.99. The molecule has 0 saturated carbocycles. The topological polar surface area (TPSA) is 63.8 Å². The second kappa shape index (κ2) is 6.99. The Labute approximate surface area is 113 Å². The van der Waals surface area contributed by atoms with Gasteiger partial charge in [0.25, 0.3) is 0 Å². The predicted molar refractivity (Wildman–Crippen MR) is 72.8 cm³/mol. The minimum Gasteiger partial charge on any atom is -0.339 e. The first kappa shape index (κ1) is 13.7. The first-order chi connectivity index (χ1) is 9.28. The van der Waals surface area contributed by atoms with Crippen LogP contribution < -0.4 is 5.32 Å². The first-order valence-electron chi connectivity index (χ1n) is 6.71. The summed E-state index contributed by atoms with van der Waals surface area (Å²) >= 11 is 0. The average molecular weight is 260 g/mol. The standard InChI is InChI=1S/C14H20N4O/c1-3-16-11(2)4-5-14-17-13(18-19-14)10-12-6-8-15-9-7-12/h6-9,11,16H,3-5,10H2,1-2H3. The number of hydrogen-bond acceptors (Lipinski definition) is 5. The Bertz CT molecular complexity index is 483. The van der Waals surface area contributed by atoms with Crippen LogP contribution >= 0.6 is 0 Å². The molecule has 102 valence electrons. The number of nitrogens with zero attached hydrogens (tertiary/aromatic N) is 3. The van der Waals surface area contributed by atoms with E-state index in [1.54, 1.807) is 12.4 Å². The molecule has 0 spiro atoms. The molecule has 2 aromatic rings. The maximum absolute atomic E-state index is 5.26. The summed E-state index contributed by atoms with van der Waals surface area (Å²) in [5.41, 5.74) is 1.14. The van der Waals surface area contributed by atoms with Gasteiger partial charge in [0.1, 0.15) is 0 Å². The molecule has 0 saturated heterocycles. The summed E-state index contributed by atoms with van der Waals surface area (Å²) in [6.45, 7) is 5.26. The van der Waals surface area contributed by atoms with Gasteiger partial charge in [0, 0.05) is 31.3 Å². The lowest BCUT2D eigenvalue weighted by molar-refractivity contribution is 0.363. The summed E-state index contributed by atoms with van der Waals surface area (Å²) in [6.07, 6.45) is 6.06. The van der Waals surface area contributed by atoms with Gasteiger partial charge in [0.15, 0.2) is 5.82 Å². The summed E-state index contributed by atoms with van der Waals surface area (Å²) in [5.74, 6) is 1.45. The molecule has 1 unspecified atom stereocenters. The zero-order chi connectivity index (χ0) is 13.5. The Hall–Kier alpha value is -1.75. The fraction of sp³-hybridized carbons (Fsp3) is 0.500. The van der Waals surface area contributed by atoms with Crippen molar-refractivity contribution in [3.63, 3.8) is 0 Å². The van der Waals surface area contributed by atoms with Crippen LogP contribution in [-0.4, -0.2) is 27.7 Å². The monoisotopic (exact) mass is 260 g/mol. The summed E-state index contributed by atoms with van der Waals surface area (Å²) in [4.78, 5) is 8.40. The van der Waals surface area contributed by atoms with E-state index in [1.165, 1.54) is 0 Å². The minimum atomic E-state index is 0.473. The number of hydrogen-bond donors (Lipinski definition) is 1. The molecule has 0 amide bonds. The van der Waals surface area contributed by atoms with Crippen LogP contribution in [0.5, 0.6) is 0 Å². The normalized spacial score (nSPS) is 12.5. The van der Waals surface area contributed by atoms with Crippen LogP contribution in [0.15, 0.2) is 29.0 Å².